The number of halogens is 3. The van der Waals surface area contributed by atoms with E-state index in [0.717, 1.165) is 18.0 Å². The van der Waals surface area contributed by atoms with Crippen LogP contribution in [0.3, 0.4) is 0 Å². The number of hydrogen-bond donors (Lipinski definition) is 0. The fourth-order valence-electron chi connectivity index (χ4n) is 3.30. The molecule has 0 spiro atoms. The summed E-state index contributed by atoms with van der Waals surface area (Å²) in [6.07, 6.45) is -0.851. The molecule has 4 rings (SSSR count). The molecule has 1 amide bonds. The average Bonchev–Trinajstić information content (AvgIpc) is 3.29. The number of amides is 1. The molecule has 156 valence electrons. The SMILES string of the molecule is O=C(Cc1ccc(C(F)(F)F)cc1)N1CCN(c2ccc(-n3cccn3)nn2)CC1. The van der Waals surface area contributed by atoms with Crippen molar-refractivity contribution in [3.63, 3.8) is 0 Å². The minimum Gasteiger partial charge on any atom is -0.352 e. The van der Waals surface area contributed by atoms with Gasteiger partial charge < -0.3 is 9.80 Å². The van der Waals surface area contributed by atoms with E-state index in [1.54, 1.807) is 28.0 Å². The van der Waals surface area contributed by atoms with Gasteiger partial charge in [0, 0.05) is 38.6 Å². The maximum absolute atomic E-state index is 12.6. The lowest BCUT2D eigenvalue weighted by molar-refractivity contribution is -0.137. The lowest BCUT2D eigenvalue weighted by atomic mass is 10.1. The molecule has 0 unspecified atom stereocenters. The Morgan fingerprint density at radius 1 is 0.933 bits per heavy atom. The summed E-state index contributed by atoms with van der Waals surface area (Å²) in [5.41, 5.74) is -0.150. The molecule has 0 N–H and O–H groups in total. The third-order valence-corrected chi connectivity index (χ3v) is 4.97. The van der Waals surface area contributed by atoms with Gasteiger partial charge in [0.2, 0.25) is 5.91 Å². The molecule has 0 radical (unpaired) electrons. The van der Waals surface area contributed by atoms with Crippen molar-refractivity contribution in [2.45, 2.75) is 12.6 Å². The maximum atomic E-state index is 12.6. The van der Waals surface area contributed by atoms with Crippen LogP contribution in [0.2, 0.25) is 0 Å². The van der Waals surface area contributed by atoms with Crippen LogP contribution in [-0.4, -0.2) is 57.0 Å². The minimum absolute atomic E-state index is 0.0799. The van der Waals surface area contributed by atoms with E-state index in [4.69, 9.17) is 0 Å². The zero-order valence-corrected chi connectivity index (χ0v) is 16.0. The van der Waals surface area contributed by atoms with E-state index in [0.29, 0.717) is 37.6 Å². The van der Waals surface area contributed by atoms with Gasteiger partial charge in [0.25, 0.3) is 0 Å². The second-order valence-corrected chi connectivity index (χ2v) is 6.94. The topological polar surface area (TPSA) is 67.2 Å². The van der Waals surface area contributed by atoms with Gasteiger partial charge in [0.05, 0.1) is 12.0 Å². The minimum atomic E-state index is -4.38. The van der Waals surface area contributed by atoms with E-state index < -0.39 is 11.7 Å². The number of aromatic nitrogens is 4. The monoisotopic (exact) mass is 416 g/mol. The first-order valence-electron chi connectivity index (χ1n) is 9.43. The second kappa shape index (κ2) is 8.13. The van der Waals surface area contributed by atoms with Crippen molar-refractivity contribution in [2.75, 3.05) is 31.1 Å². The third kappa shape index (κ3) is 4.42. The standard InChI is InChI=1S/C20H19F3N6O/c21-20(22,23)16-4-2-15(3-5-16)14-19(30)28-12-10-27(11-13-28)17-6-7-18(26-25-17)29-9-1-8-24-29/h1-9H,10-14H2. The molecular weight excluding hydrogens is 397 g/mol. The molecule has 0 bridgehead atoms. The summed E-state index contributed by atoms with van der Waals surface area (Å²) in [4.78, 5) is 16.3. The van der Waals surface area contributed by atoms with Crippen molar-refractivity contribution in [3.05, 3.63) is 66.0 Å². The Hall–Kier alpha value is -3.43. The number of anilines is 1. The molecule has 3 heterocycles. The van der Waals surface area contributed by atoms with E-state index in [9.17, 15) is 18.0 Å². The van der Waals surface area contributed by atoms with Crippen molar-refractivity contribution < 1.29 is 18.0 Å². The number of rotatable bonds is 4. The Bertz CT molecular complexity index is 979. The molecule has 0 saturated carbocycles. The molecule has 7 nitrogen and oxygen atoms in total. The largest absolute Gasteiger partial charge is 0.416 e. The number of nitrogens with zero attached hydrogens (tertiary/aromatic N) is 6. The Morgan fingerprint density at radius 3 is 2.17 bits per heavy atom. The average molecular weight is 416 g/mol. The van der Waals surface area contributed by atoms with E-state index in [1.807, 2.05) is 17.0 Å². The molecule has 1 fully saturated rings. The highest BCUT2D eigenvalue weighted by molar-refractivity contribution is 5.79. The Morgan fingerprint density at radius 2 is 1.60 bits per heavy atom. The molecule has 1 saturated heterocycles. The smallest absolute Gasteiger partial charge is 0.352 e. The molecule has 2 aromatic heterocycles. The zero-order valence-electron chi connectivity index (χ0n) is 16.0. The number of hydrogen-bond acceptors (Lipinski definition) is 5. The van der Waals surface area contributed by atoms with Gasteiger partial charge in [-0.15, -0.1) is 10.2 Å². The van der Waals surface area contributed by atoms with Crippen molar-refractivity contribution in [3.8, 4) is 5.82 Å². The van der Waals surface area contributed by atoms with E-state index in [2.05, 4.69) is 15.3 Å². The number of carbonyl (C=O) groups is 1. The van der Waals surface area contributed by atoms with Gasteiger partial charge in [-0.25, -0.2) is 4.68 Å². The van der Waals surface area contributed by atoms with Crippen molar-refractivity contribution in [1.82, 2.24) is 24.9 Å². The van der Waals surface area contributed by atoms with Gasteiger partial charge in [0.15, 0.2) is 11.6 Å². The van der Waals surface area contributed by atoms with Crippen molar-refractivity contribution in [1.29, 1.82) is 0 Å². The lowest BCUT2D eigenvalue weighted by Gasteiger charge is -2.35. The summed E-state index contributed by atoms with van der Waals surface area (Å²) in [6.45, 7) is 2.24. The Balaban J connectivity index is 1.31. The van der Waals surface area contributed by atoms with Gasteiger partial charge in [-0.2, -0.15) is 18.3 Å². The number of benzene rings is 1. The molecule has 3 aromatic rings. The van der Waals surface area contributed by atoms with E-state index in [-0.39, 0.29) is 12.3 Å². The highest BCUT2D eigenvalue weighted by atomic mass is 19.4. The highest BCUT2D eigenvalue weighted by Gasteiger charge is 2.30. The van der Waals surface area contributed by atoms with E-state index >= 15 is 0 Å². The highest BCUT2D eigenvalue weighted by Crippen LogP contribution is 2.29. The predicted molar refractivity (Wildman–Crippen MR) is 103 cm³/mol. The van der Waals surface area contributed by atoms with Crippen LogP contribution in [0, 0.1) is 0 Å². The van der Waals surface area contributed by atoms with Gasteiger partial charge >= 0.3 is 6.18 Å². The van der Waals surface area contributed by atoms with Crippen molar-refractivity contribution in [2.24, 2.45) is 0 Å². The summed E-state index contributed by atoms with van der Waals surface area (Å²) in [5, 5.41) is 12.5. The molecule has 1 aliphatic heterocycles. The second-order valence-electron chi connectivity index (χ2n) is 6.94. The van der Waals surface area contributed by atoms with Crippen molar-refractivity contribution >= 4 is 11.7 Å². The summed E-state index contributed by atoms with van der Waals surface area (Å²) in [5.74, 6) is 1.24. The fraction of sp³-hybridized carbons (Fsp3) is 0.300. The van der Waals surface area contributed by atoms with Gasteiger partial charge in [-0.1, -0.05) is 12.1 Å². The third-order valence-electron chi connectivity index (χ3n) is 4.97. The number of piperazine rings is 1. The molecule has 1 aromatic carbocycles. The van der Waals surface area contributed by atoms with Crippen LogP contribution in [-0.2, 0) is 17.4 Å². The first kappa shape index (κ1) is 19.9. The van der Waals surface area contributed by atoms with Gasteiger partial charge in [-0.05, 0) is 35.9 Å². The number of alkyl halides is 3. The summed E-state index contributed by atoms with van der Waals surface area (Å²) in [7, 11) is 0. The normalized spacial score (nSPS) is 14.8. The molecular formula is C20H19F3N6O. The van der Waals surface area contributed by atoms with Crippen LogP contribution < -0.4 is 4.90 Å². The zero-order chi connectivity index (χ0) is 21.1. The van der Waals surface area contributed by atoms with E-state index in [1.165, 1.54) is 12.1 Å². The van der Waals surface area contributed by atoms with Crippen LogP contribution in [0.15, 0.2) is 54.9 Å². The van der Waals surface area contributed by atoms with Crippen LogP contribution in [0.1, 0.15) is 11.1 Å². The van der Waals surface area contributed by atoms with Gasteiger partial charge in [0.1, 0.15) is 0 Å². The predicted octanol–water partition coefficient (Wildman–Crippen LogP) is 2.57. The number of carbonyl (C=O) groups excluding carboxylic acids is 1. The molecule has 0 aliphatic carbocycles. The van der Waals surface area contributed by atoms with Crippen LogP contribution in [0.25, 0.3) is 5.82 Å². The van der Waals surface area contributed by atoms with Crippen LogP contribution in [0.5, 0.6) is 0 Å². The molecule has 10 heteroatoms. The summed E-state index contributed by atoms with van der Waals surface area (Å²) >= 11 is 0. The summed E-state index contributed by atoms with van der Waals surface area (Å²) < 4.78 is 39.6. The van der Waals surface area contributed by atoms with Crippen LogP contribution in [0.4, 0.5) is 19.0 Å². The maximum Gasteiger partial charge on any atom is 0.416 e. The molecule has 0 atom stereocenters. The Labute approximate surface area is 170 Å². The first-order chi connectivity index (χ1) is 14.4. The molecule has 30 heavy (non-hydrogen) atoms. The van der Waals surface area contributed by atoms with Gasteiger partial charge in [-0.3, -0.25) is 4.79 Å². The lowest BCUT2D eigenvalue weighted by Crippen LogP contribution is -2.49. The fourth-order valence-corrected chi connectivity index (χ4v) is 3.30. The quantitative estimate of drug-likeness (QED) is 0.654. The summed E-state index contributed by atoms with van der Waals surface area (Å²) in [6, 6.07) is 10.2. The molecule has 1 aliphatic rings. The van der Waals surface area contributed by atoms with Crippen LogP contribution >= 0.6 is 0 Å². The first-order valence-corrected chi connectivity index (χ1v) is 9.43. The Kier molecular flexibility index (Phi) is 5.39.